The molecule has 4 rings (SSSR count). The smallest absolute Gasteiger partial charge is 0.248 e. The number of nitrogens with one attached hydrogen (secondary N) is 1. The maximum absolute atomic E-state index is 11.9. The molecular formula is C22H27N3O2. The summed E-state index contributed by atoms with van der Waals surface area (Å²) in [6.45, 7) is 3.61. The van der Waals surface area contributed by atoms with Crippen LogP contribution in [0.1, 0.15) is 17.0 Å². The Morgan fingerprint density at radius 3 is 2.22 bits per heavy atom. The minimum Gasteiger partial charge on any atom is -0.387 e. The first-order valence-electron chi connectivity index (χ1n) is 9.73. The summed E-state index contributed by atoms with van der Waals surface area (Å²) in [6, 6.07) is 22.0. The van der Waals surface area contributed by atoms with Crippen LogP contribution in [0, 0.1) is 0 Å². The zero-order chi connectivity index (χ0) is 18.6. The van der Waals surface area contributed by atoms with Crippen LogP contribution in [0.3, 0.4) is 0 Å². The molecule has 27 heavy (non-hydrogen) atoms. The first kappa shape index (κ1) is 18.2. The minimum atomic E-state index is -0.403. The van der Waals surface area contributed by atoms with E-state index in [1.807, 2.05) is 0 Å². The molecule has 0 spiro atoms. The molecule has 2 aliphatic rings. The van der Waals surface area contributed by atoms with E-state index in [0.29, 0.717) is 19.1 Å². The molecule has 5 heteroatoms. The largest absolute Gasteiger partial charge is 0.387 e. The SMILES string of the molecule is O=C(CO)N1CCN2[C@@H](CNC[C@H]2C(c2ccccc2)c2ccccc2)C1. The Labute approximate surface area is 160 Å². The lowest BCUT2D eigenvalue weighted by Gasteiger charge is -2.50. The number of benzene rings is 2. The van der Waals surface area contributed by atoms with Crippen molar-refractivity contribution in [3.05, 3.63) is 71.8 Å². The van der Waals surface area contributed by atoms with E-state index >= 15 is 0 Å². The molecule has 0 unspecified atom stereocenters. The molecule has 2 fully saturated rings. The van der Waals surface area contributed by atoms with E-state index in [4.69, 9.17) is 0 Å². The van der Waals surface area contributed by atoms with Crippen molar-refractivity contribution >= 4 is 5.91 Å². The summed E-state index contributed by atoms with van der Waals surface area (Å²) in [4.78, 5) is 16.3. The number of carbonyl (C=O) groups is 1. The van der Waals surface area contributed by atoms with Gasteiger partial charge in [-0.2, -0.15) is 0 Å². The van der Waals surface area contributed by atoms with Crippen molar-refractivity contribution in [2.45, 2.75) is 18.0 Å². The standard InChI is InChI=1S/C22H27N3O2/c26-16-21(27)24-11-12-25-19(15-24)13-23-14-20(25)22(17-7-3-1-4-8-17)18-9-5-2-6-10-18/h1-10,19-20,22-23,26H,11-16H2/t19-,20-/m0/s1. The number of fused-ring (bicyclic) bond motifs is 1. The molecule has 5 nitrogen and oxygen atoms in total. The third-order valence-electron chi connectivity index (χ3n) is 5.88. The van der Waals surface area contributed by atoms with Crippen molar-refractivity contribution < 1.29 is 9.90 Å². The number of rotatable bonds is 4. The lowest BCUT2D eigenvalue weighted by Crippen LogP contribution is -2.67. The average Bonchev–Trinajstić information content (AvgIpc) is 2.74. The molecule has 0 aliphatic carbocycles. The highest BCUT2D eigenvalue weighted by atomic mass is 16.3. The normalized spacial score (nSPS) is 23.3. The van der Waals surface area contributed by atoms with E-state index in [0.717, 1.165) is 19.6 Å². The summed E-state index contributed by atoms with van der Waals surface area (Å²) in [6.07, 6.45) is 0. The Bertz CT molecular complexity index is 713. The molecule has 0 saturated carbocycles. The molecule has 1 amide bonds. The van der Waals surface area contributed by atoms with Crippen LogP contribution in [0.2, 0.25) is 0 Å². The van der Waals surface area contributed by atoms with Crippen molar-refractivity contribution in [3.8, 4) is 0 Å². The Hall–Kier alpha value is -2.21. The zero-order valence-electron chi connectivity index (χ0n) is 15.5. The van der Waals surface area contributed by atoms with Crippen LogP contribution in [-0.2, 0) is 4.79 Å². The number of hydrogen-bond acceptors (Lipinski definition) is 4. The van der Waals surface area contributed by atoms with Gasteiger partial charge in [0.1, 0.15) is 6.61 Å². The number of aliphatic hydroxyl groups is 1. The first-order chi connectivity index (χ1) is 13.3. The van der Waals surface area contributed by atoms with E-state index in [-0.39, 0.29) is 17.9 Å². The van der Waals surface area contributed by atoms with Gasteiger partial charge in [-0.05, 0) is 11.1 Å². The van der Waals surface area contributed by atoms with Crippen LogP contribution in [0.4, 0.5) is 0 Å². The van der Waals surface area contributed by atoms with Gasteiger partial charge in [-0.1, -0.05) is 60.7 Å². The monoisotopic (exact) mass is 365 g/mol. The molecule has 0 radical (unpaired) electrons. The Morgan fingerprint density at radius 2 is 1.63 bits per heavy atom. The van der Waals surface area contributed by atoms with Crippen LogP contribution in [0.5, 0.6) is 0 Å². The first-order valence-corrected chi connectivity index (χ1v) is 9.73. The predicted molar refractivity (Wildman–Crippen MR) is 106 cm³/mol. The van der Waals surface area contributed by atoms with E-state index < -0.39 is 6.61 Å². The lowest BCUT2D eigenvalue weighted by molar-refractivity contribution is -0.138. The van der Waals surface area contributed by atoms with Gasteiger partial charge < -0.3 is 15.3 Å². The van der Waals surface area contributed by atoms with Gasteiger partial charge in [0.2, 0.25) is 5.91 Å². The Kier molecular flexibility index (Phi) is 5.53. The second-order valence-corrected chi connectivity index (χ2v) is 7.41. The zero-order valence-corrected chi connectivity index (χ0v) is 15.5. The molecule has 0 aromatic heterocycles. The van der Waals surface area contributed by atoms with Gasteiger partial charge in [-0.3, -0.25) is 9.69 Å². The highest BCUT2D eigenvalue weighted by Crippen LogP contribution is 2.33. The molecular weight excluding hydrogens is 338 g/mol. The van der Waals surface area contributed by atoms with Crippen molar-refractivity contribution in [3.63, 3.8) is 0 Å². The van der Waals surface area contributed by atoms with Gasteiger partial charge in [0.05, 0.1) is 0 Å². The van der Waals surface area contributed by atoms with Crippen LogP contribution < -0.4 is 5.32 Å². The third kappa shape index (κ3) is 3.76. The maximum Gasteiger partial charge on any atom is 0.248 e. The van der Waals surface area contributed by atoms with Crippen LogP contribution in [0.25, 0.3) is 0 Å². The van der Waals surface area contributed by atoms with Crippen molar-refractivity contribution in [2.24, 2.45) is 0 Å². The van der Waals surface area contributed by atoms with E-state index in [2.05, 4.69) is 70.9 Å². The second-order valence-electron chi connectivity index (χ2n) is 7.41. The molecule has 0 bridgehead atoms. The quantitative estimate of drug-likeness (QED) is 0.858. The predicted octanol–water partition coefficient (Wildman–Crippen LogP) is 1.30. The fourth-order valence-corrected chi connectivity index (χ4v) is 4.60. The topological polar surface area (TPSA) is 55.8 Å². The number of amides is 1. The molecule has 2 heterocycles. The summed E-state index contributed by atoms with van der Waals surface area (Å²) in [7, 11) is 0. The number of nitrogens with zero attached hydrogens (tertiary/aromatic N) is 2. The number of hydrogen-bond donors (Lipinski definition) is 2. The molecule has 2 N–H and O–H groups in total. The maximum atomic E-state index is 11.9. The summed E-state index contributed by atoms with van der Waals surface area (Å²) in [5.41, 5.74) is 2.65. The lowest BCUT2D eigenvalue weighted by atomic mass is 9.82. The summed E-state index contributed by atoms with van der Waals surface area (Å²) in [5, 5.41) is 12.8. The molecule has 2 aromatic rings. The van der Waals surface area contributed by atoms with Gasteiger partial charge in [-0.25, -0.2) is 0 Å². The van der Waals surface area contributed by atoms with E-state index in [9.17, 15) is 9.90 Å². The third-order valence-corrected chi connectivity index (χ3v) is 5.88. The molecule has 2 aromatic carbocycles. The second kappa shape index (κ2) is 8.21. The summed E-state index contributed by atoms with van der Waals surface area (Å²) >= 11 is 0. The average molecular weight is 365 g/mol. The van der Waals surface area contributed by atoms with Gasteiger partial charge in [0.25, 0.3) is 0 Å². The van der Waals surface area contributed by atoms with Crippen LogP contribution in [-0.4, -0.2) is 72.2 Å². The highest BCUT2D eigenvalue weighted by molar-refractivity contribution is 5.77. The van der Waals surface area contributed by atoms with Gasteiger partial charge >= 0.3 is 0 Å². The summed E-state index contributed by atoms with van der Waals surface area (Å²) in [5.74, 6) is 0.113. The number of carbonyl (C=O) groups excluding carboxylic acids is 1. The van der Waals surface area contributed by atoms with Gasteiger partial charge in [0.15, 0.2) is 0 Å². The minimum absolute atomic E-state index is 0.167. The molecule has 142 valence electrons. The summed E-state index contributed by atoms with van der Waals surface area (Å²) < 4.78 is 0. The van der Waals surface area contributed by atoms with Crippen molar-refractivity contribution in [1.29, 1.82) is 0 Å². The van der Waals surface area contributed by atoms with Crippen LogP contribution >= 0.6 is 0 Å². The Balaban J connectivity index is 1.63. The van der Waals surface area contributed by atoms with Crippen molar-refractivity contribution in [1.82, 2.24) is 15.1 Å². The Morgan fingerprint density at radius 1 is 1.00 bits per heavy atom. The van der Waals surface area contributed by atoms with Crippen LogP contribution in [0.15, 0.2) is 60.7 Å². The highest BCUT2D eigenvalue weighted by Gasteiger charge is 2.40. The van der Waals surface area contributed by atoms with Crippen molar-refractivity contribution in [2.75, 3.05) is 39.3 Å². The van der Waals surface area contributed by atoms with Gasteiger partial charge in [0, 0.05) is 50.7 Å². The van der Waals surface area contributed by atoms with E-state index in [1.54, 1.807) is 4.90 Å². The van der Waals surface area contributed by atoms with E-state index in [1.165, 1.54) is 11.1 Å². The fraction of sp³-hybridized carbons (Fsp3) is 0.409. The van der Waals surface area contributed by atoms with Gasteiger partial charge in [-0.15, -0.1) is 0 Å². The number of aliphatic hydroxyl groups excluding tert-OH is 1. The number of piperazine rings is 2. The molecule has 2 saturated heterocycles. The fourth-order valence-electron chi connectivity index (χ4n) is 4.60. The molecule has 2 aliphatic heterocycles. The molecule has 2 atom stereocenters.